The Balaban J connectivity index is 2.02. The number of benzene rings is 1. The highest BCUT2D eigenvalue weighted by molar-refractivity contribution is 6.01. The highest BCUT2D eigenvalue weighted by Crippen LogP contribution is 2.19. The van der Waals surface area contributed by atoms with Gasteiger partial charge in [-0.25, -0.2) is 0 Å². The molecule has 1 aromatic carbocycles. The van der Waals surface area contributed by atoms with E-state index in [9.17, 15) is 4.79 Å². The van der Waals surface area contributed by atoms with E-state index in [-0.39, 0.29) is 17.8 Å². The van der Waals surface area contributed by atoms with Gasteiger partial charge in [0.2, 0.25) is 0 Å². The summed E-state index contributed by atoms with van der Waals surface area (Å²) in [6.45, 7) is 3.52. The molecule has 1 atom stereocenters. The van der Waals surface area contributed by atoms with Crippen LogP contribution < -0.4 is 11.1 Å². The van der Waals surface area contributed by atoms with Crippen molar-refractivity contribution in [3.05, 3.63) is 35.4 Å². The molecule has 1 fully saturated rings. The van der Waals surface area contributed by atoms with Gasteiger partial charge in [-0.3, -0.25) is 4.79 Å². The molecule has 0 aromatic heterocycles. The molecule has 2 rings (SSSR count). The first-order valence-corrected chi connectivity index (χ1v) is 7.08. The molecule has 4 N–H and O–H groups in total. The second-order valence-corrected chi connectivity index (χ2v) is 5.28. The standard InChI is InChI=1S/C15H21N3O3/c1-10(11-5-7-21-8-6-11)17-15(19)13-4-2-3-12(9-13)14(16)18-20/h2-4,9-11,20H,5-8H2,1H3,(H2,16,18)(H,17,19). The minimum absolute atomic E-state index is 0.0119. The number of amidine groups is 1. The Bertz CT molecular complexity index is 525. The fourth-order valence-corrected chi connectivity index (χ4v) is 2.50. The minimum Gasteiger partial charge on any atom is -0.409 e. The van der Waals surface area contributed by atoms with Crippen molar-refractivity contribution in [2.75, 3.05) is 13.2 Å². The predicted octanol–water partition coefficient (Wildman–Crippen LogP) is 1.33. The summed E-state index contributed by atoms with van der Waals surface area (Å²) in [5.74, 6) is 0.277. The summed E-state index contributed by atoms with van der Waals surface area (Å²) in [5, 5.41) is 14.6. The van der Waals surface area contributed by atoms with Gasteiger partial charge in [0.05, 0.1) is 0 Å². The van der Waals surface area contributed by atoms with Crippen LogP contribution in [0.25, 0.3) is 0 Å². The van der Waals surface area contributed by atoms with E-state index in [1.807, 2.05) is 6.92 Å². The number of oxime groups is 1. The molecular formula is C15H21N3O3. The van der Waals surface area contributed by atoms with Gasteiger partial charge in [-0.2, -0.15) is 0 Å². The molecule has 1 saturated heterocycles. The van der Waals surface area contributed by atoms with Crippen molar-refractivity contribution in [3.8, 4) is 0 Å². The van der Waals surface area contributed by atoms with Crippen LogP contribution in [-0.4, -0.2) is 36.2 Å². The maximum atomic E-state index is 12.3. The molecule has 0 saturated carbocycles. The number of rotatable bonds is 4. The second-order valence-electron chi connectivity index (χ2n) is 5.28. The van der Waals surface area contributed by atoms with Gasteiger partial charge in [-0.1, -0.05) is 17.3 Å². The third-order valence-corrected chi connectivity index (χ3v) is 3.86. The SMILES string of the molecule is CC(NC(=O)c1cccc(/C(N)=N/O)c1)C1CCOCC1. The van der Waals surface area contributed by atoms with E-state index in [0.29, 0.717) is 17.0 Å². The van der Waals surface area contributed by atoms with E-state index in [2.05, 4.69) is 10.5 Å². The molecule has 0 aliphatic carbocycles. The summed E-state index contributed by atoms with van der Waals surface area (Å²) < 4.78 is 5.33. The molecule has 1 heterocycles. The minimum atomic E-state index is -0.151. The van der Waals surface area contributed by atoms with Crippen LogP contribution in [0.3, 0.4) is 0 Å². The van der Waals surface area contributed by atoms with E-state index in [1.54, 1.807) is 24.3 Å². The van der Waals surface area contributed by atoms with Crippen LogP contribution >= 0.6 is 0 Å². The molecule has 1 aromatic rings. The van der Waals surface area contributed by atoms with Crippen LogP contribution in [0.5, 0.6) is 0 Å². The molecule has 1 unspecified atom stereocenters. The molecular weight excluding hydrogens is 270 g/mol. The lowest BCUT2D eigenvalue weighted by Gasteiger charge is -2.28. The average molecular weight is 291 g/mol. The maximum absolute atomic E-state index is 12.3. The fourth-order valence-electron chi connectivity index (χ4n) is 2.50. The Labute approximate surface area is 124 Å². The van der Waals surface area contributed by atoms with Crippen molar-refractivity contribution in [3.63, 3.8) is 0 Å². The molecule has 6 heteroatoms. The van der Waals surface area contributed by atoms with E-state index < -0.39 is 0 Å². The summed E-state index contributed by atoms with van der Waals surface area (Å²) in [7, 11) is 0. The summed E-state index contributed by atoms with van der Waals surface area (Å²) in [4.78, 5) is 12.3. The van der Waals surface area contributed by atoms with Crippen LogP contribution in [0, 0.1) is 5.92 Å². The number of nitrogens with two attached hydrogens (primary N) is 1. The largest absolute Gasteiger partial charge is 0.409 e. The number of nitrogens with one attached hydrogen (secondary N) is 1. The summed E-state index contributed by atoms with van der Waals surface area (Å²) in [5.41, 5.74) is 6.55. The number of nitrogens with zero attached hydrogens (tertiary/aromatic N) is 1. The third-order valence-electron chi connectivity index (χ3n) is 3.86. The third kappa shape index (κ3) is 3.95. The van der Waals surface area contributed by atoms with Gasteiger partial charge < -0.3 is 21.0 Å². The number of ether oxygens (including phenoxy) is 1. The van der Waals surface area contributed by atoms with E-state index in [0.717, 1.165) is 26.1 Å². The summed E-state index contributed by atoms with van der Waals surface area (Å²) in [6.07, 6.45) is 1.93. The van der Waals surface area contributed by atoms with Crippen molar-refractivity contribution in [1.29, 1.82) is 0 Å². The number of hydrogen-bond acceptors (Lipinski definition) is 4. The molecule has 1 amide bonds. The predicted molar refractivity (Wildman–Crippen MR) is 79.4 cm³/mol. The summed E-state index contributed by atoms with van der Waals surface area (Å²) in [6, 6.07) is 6.81. The van der Waals surface area contributed by atoms with E-state index >= 15 is 0 Å². The first-order valence-electron chi connectivity index (χ1n) is 7.08. The van der Waals surface area contributed by atoms with Crippen LogP contribution in [0.2, 0.25) is 0 Å². The Kier molecular flexibility index (Phi) is 5.16. The molecule has 1 aliphatic heterocycles. The van der Waals surface area contributed by atoms with E-state index in [4.69, 9.17) is 15.7 Å². The zero-order valence-corrected chi connectivity index (χ0v) is 12.1. The Morgan fingerprint density at radius 1 is 1.43 bits per heavy atom. The molecule has 0 radical (unpaired) electrons. The zero-order valence-electron chi connectivity index (χ0n) is 12.1. The van der Waals surface area contributed by atoms with Crippen molar-refractivity contribution in [1.82, 2.24) is 5.32 Å². The molecule has 21 heavy (non-hydrogen) atoms. The maximum Gasteiger partial charge on any atom is 0.251 e. The van der Waals surface area contributed by atoms with Crippen molar-refractivity contribution >= 4 is 11.7 Å². The van der Waals surface area contributed by atoms with Crippen LogP contribution in [0.15, 0.2) is 29.4 Å². The van der Waals surface area contributed by atoms with E-state index in [1.165, 1.54) is 0 Å². The van der Waals surface area contributed by atoms with Gasteiger partial charge in [-0.15, -0.1) is 0 Å². The number of carbonyl (C=O) groups excluding carboxylic acids is 1. The lowest BCUT2D eigenvalue weighted by atomic mass is 9.92. The lowest BCUT2D eigenvalue weighted by molar-refractivity contribution is 0.0538. The molecule has 114 valence electrons. The Hall–Kier alpha value is -2.08. The van der Waals surface area contributed by atoms with Crippen LogP contribution in [0.1, 0.15) is 35.7 Å². The average Bonchev–Trinajstić information content (AvgIpc) is 2.55. The van der Waals surface area contributed by atoms with Gasteiger partial charge in [0.25, 0.3) is 5.91 Å². The Morgan fingerprint density at radius 3 is 2.76 bits per heavy atom. The normalized spacial score (nSPS) is 18.2. The van der Waals surface area contributed by atoms with Gasteiger partial charge in [-0.05, 0) is 37.8 Å². The highest BCUT2D eigenvalue weighted by atomic mass is 16.5. The van der Waals surface area contributed by atoms with Crippen LogP contribution in [0.4, 0.5) is 0 Å². The van der Waals surface area contributed by atoms with Gasteiger partial charge in [0.15, 0.2) is 5.84 Å². The van der Waals surface area contributed by atoms with Crippen molar-refractivity contribution in [2.24, 2.45) is 16.8 Å². The number of hydrogen-bond donors (Lipinski definition) is 3. The van der Waals surface area contributed by atoms with Crippen molar-refractivity contribution in [2.45, 2.75) is 25.8 Å². The molecule has 1 aliphatic rings. The first kappa shape index (κ1) is 15.3. The van der Waals surface area contributed by atoms with Gasteiger partial charge >= 0.3 is 0 Å². The Morgan fingerprint density at radius 2 is 2.10 bits per heavy atom. The van der Waals surface area contributed by atoms with Gasteiger partial charge in [0.1, 0.15) is 0 Å². The van der Waals surface area contributed by atoms with Crippen molar-refractivity contribution < 1.29 is 14.7 Å². The zero-order chi connectivity index (χ0) is 15.2. The van der Waals surface area contributed by atoms with Gasteiger partial charge in [0, 0.05) is 30.4 Å². The smallest absolute Gasteiger partial charge is 0.251 e. The highest BCUT2D eigenvalue weighted by Gasteiger charge is 2.22. The fraction of sp³-hybridized carbons (Fsp3) is 0.467. The summed E-state index contributed by atoms with van der Waals surface area (Å²) >= 11 is 0. The number of carbonyl (C=O) groups is 1. The topological polar surface area (TPSA) is 96.9 Å². The molecule has 0 bridgehead atoms. The number of amides is 1. The van der Waals surface area contributed by atoms with Crippen LogP contribution in [-0.2, 0) is 4.74 Å². The molecule has 0 spiro atoms. The second kappa shape index (κ2) is 7.08. The monoisotopic (exact) mass is 291 g/mol. The quantitative estimate of drug-likeness (QED) is 0.337. The first-order chi connectivity index (χ1) is 10.1. The lowest BCUT2D eigenvalue weighted by Crippen LogP contribution is -2.40. The molecule has 6 nitrogen and oxygen atoms in total.